The van der Waals surface area contributed by atoms with Gasteiger partial charge in [0.05, 0.1) is 17.6 Å². The number of hydrogen-bond acceptors (Lipinski definition) is 6. The fraction of sp³-hybridized carbons (Fsp3) is 0.207. The fourth-order valence-electron chi connectivity index (χ4n) is 5.33. The number of benzene rings is 2. The first kappa shape index (κ1) is 24.4. The van der Waals surface area contributed by atoms with E-state index in [9.17, 15) is 9.59 Å². The van der Waals surface area contributed by atoms with E-state index in [1.54, 1.807) is 34.4 Å². The Bertz CT molecular complexity index is 1720. The summed E-state index contributed by atoms with van der Waals surface area (Å²) in [6, 6.07) is 19.7. The Hall–Kier alpha value is -4.99. The van der Waals surface area contributed by atoms with E-state index in [-0.39, 0.29) is 11.8 Å². The summed E-state index contributed by atoms with van der Waals surface area (Å²) >= 11 is 0. The van der Waals surface area contributed by atoms with Crippen LogP contribution in [-0.4, -0.2) is 59.7 Å². The highest BCUT2D eigenvalue weighted by molar-refractivity contribution is 6.03. The summed E-state index contributed by atoms with van der Waals surface area (Å²) < 4.78 is 3.59. The number of anilines is 2. The Morgan fingerprint density at radius 2 is 1.72 bits per heavy atom. The van der Waals surface area contributed by atoms with Gasteiger partial charge < -0.3 is 15.5 Å². The van der Waals surface area contributed by atoms with E-state index in [4.69, 9.17) is 5.73 Å². The number of aromatic nitrogens is 5. The number of piperazine rings is 1. The van der Waals surface area contributed by atoms with Gasteiger partial charge in [-0.2, -0.15) is 10.2 Å². The van der Waals surface area contributed by atoms with Crippen molar-refractivity contribution < 1.29 is 9.59 Å². The van der Waals surface area contributed by atoms with Gasteiger partial charge in [-0.3, -0.25) is 9.59 Å². The molecule has 3 aromatic heterocycles. The van der Waals surface area contributed by atoms with Gasteiger partial charge in [0.2, 0.25) is 5.91 Å². The van der Waals surface area contributed by atoms with Gasteiger partial charge in [0.15, 0.2) is 5.82 Å². The van der Waals surface area contributed by atoms with Crippen molar-refractivity contribution >= 4 is 28.8 Å². The number of carbonyl (C=O) groups excluding carboxylic acids is 2. The molecule has 0 bridgehead atoms. The highest BCUT2D eigenvalue weighted by Crippen LogP contribution is 2.36. The fourth-order valence-corrected chi connectivity index (χ4v) is 5.33. The van der Waals surface area contributed by atoms with Crippen molar-refractivity contribution in [2.75, 3.05) is 23.7 Å². The third kappa shape index (κ3) is 4.01. The maximum absolute atomic E-state index is 13.5. The van der Waals surface area contributed by atoms with Crippen molar-refractivity contribution in [2.24, 2.45) is 0 Å². The van der Waals surface area contributed by atoms with E-state index in [1.807, 2.05) is 71.5 Å². The zero-order valence-electron chi connectivity index (χ0n) is 21.9. The van der Waals surface area contributed by atoms with Gasteiger partial charge >= 0.3 is 0 Å². The maximum atomic E-state index is 13.5. The first-order chi connectivity index (χ1) is 18.8. The molecule has 1 fully saturated rings. The van der Waals surface area contributed by atoms with Gasteiger partial charge in [0, 0.05) is 48.6 Å². The maximum Gasteiger partial charge on any atom is 0.252 e. The van der Waals surface area contributed by atoms with E-state index in [0.717, 1.165) is 33.8 Å². The molecule has 0 saturated carbocycles. The van der Waals surface area contributed by atoms with Crippen LogP contribution in [0.25, 0.3) is 33.6 Å². The third-order valence-electron chi connectivity index (χ3n) is 7.32. The molecule has 0 aliphatic carbocycles. The molecule has 0 atom stereocenters. The van der Waals surface area contributed by atoms with E-state index in [0.29, 0.717) is 24.4 Å². The molecule has 10 heteroatoms. The van der Waals surface area contributed by atoms with Gasteiger partial charge in [0.1, 0.15) is 17.4 Å². The highest BCUT2D eigenvalue weighted by Gasteiger charge is 2.43. The minimum Gasteiger partial charge on any atom is -0.382 e. The molecule has 196 valence electrons. The van der Waals surface area contributed by atoms with E-state index in [1.165, 1.54) is 13.3 Å². The summed E-state index contributed by atoms with van der Waals surface area (Å²) in [5.41, 5.74) is 11.2. The number of amides is 2. The highest BCUT2D eigenvalue weighted by atomic mass is 16.2. The van der Waals surface area contributed by atoms with Crippen molar-refractivity contribution in [3.8, 4) is 28.1 Å². The lowest BCUT2D eigenvalue weighted by atomic mass is 9.96. The third-order valence-corrected chi connectivity index (χ3v) is 7.32. The molecule has 5 aromatic rings. The Morgan fingerprint density at radius 3 is 2.49 bits per heavy atom. The second kappa shape index (κ2) is 9.09. The molecule has 2 aromatic carbocycles. The van der Waals surface area contributed by atoms with Crippen LogP contribution < -0.4 is 10.6 Å². The summed E-state index contributed by atoms with van der Waals surface area (Å²) in [6.07, 6.45) is 5.18. The Morgan fingerprint density at radius 1 is 0.949 bits per heavy atom. The molecule has 0 unspecified atom stereocenters. The van der Waals surface area contributed by atoms with Gasteiger partial charge in [-0.05, 0) is 44.2 Å². The predicted molar refractivity (Wildman–Crippen MR) is 149 cm³/mol. The Kier molecular flexibility index (Phi) is 5.67. The first-order valence-electron chi connectivity index (χ1n) is 12.7. The minimum absolute atomic E-state index is 0.109. The van der Waals surface area contributed by atoms with Crippen molar-refractivity contribution in [1.82, 2.24) is 29.3 Å². The van der Waals surface area contributed by atoms with Crippen LogP contribution in [0.15, 0.2) is 79.4 Å². The van der Waals surface area contributed by atoms with Gasteiger partial charge in [-0.15, -0.1) is 0 Å². The molecule has 0 spiro atoms. The largest absolute Gasteiger partial charge is 0.382 e. The van der Waals surface area contributed by atoms with Crippen LogP contribution in [0.3, 0.4) is 0 Å². The number of para-hydroxylation sites is 1. The second-order valence-corrected chi connectivity index (χ2v) is 10.1. The minimum atomic E-state index is -0.935. The molecule has 2 amide bonds. The normalized spacial score (nSPS) is 15.2. The molecule has 1 aliphatic heterocycles. The number of nitrogen functional groups attached to an aromatic ring is 1. The summed E-state index contributed by atoms with van der Waals surface area (Å²) in [7, 11) is 0. The molecule has 39 heavy (non-hydrogen) atoms. The molecular formula is C29H28N8O2. The van der Waals surface area contributed by atoms with Crippen molar-refractivity contribution in [1.29, 1.82) is 0 Å². The summed E-state index contributed by atoms with van der Waals surface area (Å²) in [5.74, 6) is 0.121. The topological polar surface area (TPSA) is 115 Å². The van der Waals surface area contributed by atoms with Gasteiger partial charge in [-0.25, -0.2) is 14.2 Å². The summed E-state index contributed by atoms with van der Waals surface area (Å²) in [5, 5.41) is 9.06. The van der Waals surface area contributed by atoms with E-state index < -0.39 is 5.54 Å². The quantitative estimate of drug-likeness (QED) is 0.386. The number of hydrogen-bond donors (Lipinski definition) is 1. The van der Waals surface area contributed by atoms with Gasteiger partial charge in [-0.1, -0.05) is 30.3 Å². The summed E-state index contributed by atoms with van der Waals surface area (Å²) in [6.45, 7) is 5.95. The number of carbonyl (C=O) groups is 2. The molecule has 6 rings (SSSR count). The number of nitrogens with two attached hydrogens (primary N) is 1. The zero-order chi connectivity index (χ0) is 27.3. The standard InChI is InChI=1S/C29H28N8O2/c1-19(38)35-13-12-34(28(39)29(35,2)3)23-11-7-8-20(14-23)25-15-24(26-27(30)31-18-33-37(25)26)21-16-32-36(17-21)22-9-5-4-6-10-22/h4-11,14-18H,12-13H2,1-3H3,(H2,30,31,33). The second-order valence-electron chi connectivity index (χ2n) is 10.1. The van der Waals surface area contributed by atoms with Crippen LogP contribution in [0.4, 0.5) is 11.5 Å². The van der Waals surface area contributed by atoms with E-state index >= 15 is 0 Å². The smallest absolute Gasteiger partial charge is 0.252 e. The van der Waals surface area contributed by atoms with Gasteiger partial charge in [0.25, 0.3) is 5.91 Å². The molecule has 0 radical (unpaired) electrons. The lowest BCUT2D eigenvalue weighted by molar-refractivity contribution is -0.145. The Labute approximate surface area is 225 Å². The van der Waals surface area contributed by atoms with Crippen LogP contribution >= 0.6 is 0 Å². The van der Waals surface area contributed by atoms with Crippen LogP contribution in [0.2, 0.25) is 0 Å². The SMILES string of the molecule is CC(=O)N1CCN(c2cccc(-c3cc(-c4cnn(-c5ccccc5)c4)c4c(N)ncnn34)c2)C(=O)C1(C)C. The average molecular weight is 521 g/mol. The first-order valence-corrected chi connectivity index (χ1v) is 12.7. The number of nitrogens with zero attached hydrogens (tertiary/aromatic N) is 7. The van der Waals surface area contributed by atoms with Crippen molar-refractivity contribution in [3.63, 3.8) is 0 Å². The molecular weight excluding hydrogens is 492 g/mol. The van der Waals surface area contributed by atoms with Crippen molar-refractivity contribution in [3.05, 3.63) is 79.4 Å². The predicted octanol–water partition coefficient (Wildman–Crippen LogP) is 3.80. The molecule has 1 aliphatic rings. The Balaban J connectivity index is 1.42. The molecule has 1 saturated heterocycles. The van der Waals surface area contributed by atoms with Crippen LogP contribution in [0.5, 0.6) is 0 Å². The molecule has 2 N–H and O–H groups in total. The average Bonchev–Trinajstić information content (AvgIpc) is 3.57. The zero-order valence-corrected chi connectivity index (χ0v) is 21.9. The number of fused-ring (bicyclic) bond motifs is 1. The van der Waals surface area contributed by atoms with Crippen LogP contribution in [0.1, 0.15) is 20.8 Å². The monoisotopic (exact) mass is 520 g/mol. The van der Waals surface area contributed by atoms with E-state index in [2.05, 4.69) is 15.2 Å². The molecule has 10 nitrogen and oxygen atoms in total. The number of rotatable bonds is 4. The molecule has 4 heterocycles. The van der Waals surface area contributed by atoms with Crippen molar-refractivity contribution in [2.45, 2.75) is 26.3 Å². The lowest BCUT2D eigenvalue weighted by Gasteiger charge is -2.45. The van der Waals surface area contributed by atoms with Crippen LogP contribution in [-0.2, 0) is 9.59 Å². The summed E-state index contributed by atoms with van der Waals surface area (Å²) in [4.78, 5) is 33.2. The lowest BCUT2D eigenvalue weighted by Crippen LogP contribution is -2.64. The van der Waals surface area contributed by atoms with Crippen LogP contribution in [0, 0.1) is 0 Å².